The fourth-order valence-corrected chi connectivity index (χ4v) is 12.7. The van der Waals surface area contributed by atoms with Gasteiger partial charge in [-0.3, -0.25) is 23.9 Å². The minimum Gasteiger partial charge on any atom is -0.545 e. The molecule has 0 bridgehead atoms. The van der Waals surface area contributed by atoms with Crippen LogP contribution in [-0.4, -0.2) is 111 Å². The van der Waals surface area contributed by atoms with E-state index in [0.29, 0.717) is 77.9 Å². The summed E-state index contributed by atoms with van der Waals surface area (Å²) in [4.78, 5) is 61.7. The lowest BCUT2D eigenvalue weighted by molar-refractivity contribution is -0.255. The highest BCUT2D eigenvalue weighted by Crippen LogP contribution is 2.49. The van der Waals surface area contributed by atoms with E-state index < -0.39 is 5.97 Å². The van der Waals surface area contributed by atoms with Crippen molar-refractivity contribution in [3.63, 3.8) is 0 Å². The van der Waals surface area contributed by atoms with Crippen LogP contribution in [0.5, 0.6) is 17.2 Å². The van der Waals surface area contributed by atoms with Crippen LogP contribution in [0.4, 0.5) is 5.69 Å². The van der Waals surface area contributed by atoms with Crippen LogP contribution in [0.2, 0.25) is 5.02 Å². The number of amides is 2. The number of hydrogen-bond acceptors (Lipinski definition) is 9. The molecule has 5 aromatic carbocycles. The van der Waals surface area contributed by atoms with Crippen LogP contribution >= 0.6 is 11.6 Å². The van der Waals surface area contributed by atoms with Crippen LogP contribution in [0.15, 0.2) is 72.8 Å². The number of piperazine rings is 1. The van der Waals surface area contributed by atoms with Crippen molar-refractivity contribution < 1.29 is 33.8 Å². The Morgan fingerprint density at radius 3 is 2.28 bits per heavy atom. The first-order valence-corrected chi connectivity index (χ1v) is 26.0. The number of fused-ring (bicyclic) bond motifs is 5. The van der Waals surface area contributed by atoms with Gasteiger partial charge in [-0.2, -0.15) is 0 Å². The molecule has 6 aliphatic rings. The standard InChI is InChI=1S/C58H57ClN6O7/c1-34-44(45-32-40(71-2)16-18-49(45)65(34)57(68)35-11-14-39(59)15-12-35)33-50(66)60-19-24-61-25-27-64(28-26-61)56(67)38-13-17-41(58(69)70)46(31-38)51-47-29-36-7-3-20-62-22-5-9-42(52(36)62)54(47)72-55-43-10-6-23-63-21-4-8-37(53(43)63)30-48(51)55/h11-18,29-32H,3-10,19-28,33H2,1-2H3,(H-,60,66,69,70). The van der Waals surface area contributed by atoms with Crippen LogP contribution in [-0.2, 0) is 36.9 Å². The molecule has 0 unspecified atom stereocenters. The lowest BCUT2D eigenvalue weighted by Gasteiger charge is -2.39. The Morgan fingerprint density at radius 1 is 0.764 bits per heavy atom. The van der Waals surface area contributed by atoms with Crippen LogP contribution in [0.25, 0.3) is 16.5 Å². The molecule has 13 nitrogen and oxygen atoms in total. The number of nitrogens with zero attached hydrogens (tertiary/aromatic N) is 5. The highest BCUT2D eigenvalue weighted by Gasteiger charge is 2.37. The third kappa shape index (κ3) is 7.92. The zero-order chi connectivity index (χ0) is 49.4. The molecule has 1 fully saturated rings. The molecule has 12 rings (SSSR count). The van der Waals surface area contributed by atoms with Crippen molar-refractivity contribution in [2.45, 2.75) is 64.7 Å². The first kappa shape index (κ1) is 46.1. The number of rotatable bonds is 10. The Morgan fingerprint density at radius 2 is 1.50 bits per heavy atom. The second kappa shape index (κ2) is 18.6. The number of anilines is 1. The Bertz CT molecular complexity index is 3420. The van der Waals surface area contributed by atoms with Crippen molar-refractivity contribution in [2.24, 2.45) is 0 Å². The predicted octanol–water partition coefficient (Wildman–Crippen LogP) is 5.22. The van der Waals surface area contributed by atoms with Crippen molar-refractivity contribution in [1.82, 2.24) is 24.3 Å². The fraction of sp³-hybridized carbons (Fsp3) is 0.362. The number of aromatic carboxylic acids is 1. The number of carbonyl (C=O) groups is 4. The predicted molar refractivity (Wildman–Crippen MR) is 275 cm³/mol. The number of nitrogens with one attached hydrogen (secondary N) is 1. The molecule has 368 valence electrons. The van der Waals surface area contributed by atoms with Gasteiger partial charge in [0.1, 0.15) is 30.3 Å². The van der Waals surface area contributed by atoms with E-state index in [1.165, 1.54) is 33.3 Å². The number of methoxy groups -OCH3 is 1. The van der Waals surface area contributed by atoms with E-state index in [4.69, 9.17) is 21.1 Å². The van der Waals surface area contributed by atoms with Crippen molar-refractivity contribution in [3.8, 4) is 17.2 Å². The van der Waals surface area contributed by atoms with E-state index in [1.807, 2.05) is 24.0 Å². The summed E-state index contributed by atoms with van der Waals surface area (Å²) >= 11 is 6.11. The Labute approximate surface area is 422 Å². The largest absolute Gasteiger partial charge is 0.545 e. The van der Waals surface area contributed by atoms with Gasteiger partial charge in [0, 0.05) is 131 Å². The number of hydrogen-bond donors (Lipinski definition) is 1. The van der Waals surface area contributed by atoms with Crippen molar-refractivity contribution >= 4 is 57.5 Å². The molecule has 6 aliphatic heterocycles. The third-order valence-corrected chi connectivity index (χ3v) is 16.3. The second-order valence-electron chi connectivity index (χ2n) is 20.1. The van der Waals surface area contributed by atoms with E-state index in [9.17, 15) is 24.3 Å². The van der Waals surface area contributed by atoms with Gasteiger partial charge >= 0.3 is 0 Å². The van der Waals surface area contributed by atoms with Gasteiger partial charge in [-0.1, -0.05) is 17.7 Å². The monoisotopic (exact) mass is 984 g/mol. The van der Waals surface area contributed by atoms with Gasteiger partial charge in [0.2, 0.25) is 11.3 Å². The average molecular weight is 986 g/mol. The summed E-state index contributed by atoms with van der Waals surface area (Å²) in [5.74, 6) is 0.449. The van der Waals surface area contributed by atoms with E-state index in [0.717, 1.165) is 116 Å². The SMILES string of the molecule is COc1ccc2c(c1)c(CC(=O)NCCN1CCN(C(=O)c3ccc(C(=O)[O-])c(C4=c5cc6c7c(c5Oc5c4cc4c8c5CCCN8CCC4)CCC[N+]=7CCC6)c3)CC1)c(C)n2C(=O)c1ccc(Cl)cc1. The summed E-state index contributed by atoms with van der Waals surface area (Å²) in [7, 11) is 1.59. The number of halogens is 1. The quantitative estimate of drug-likeness (QED) is 0.183. The van der Waals surface area contributed by atoms with E-state index in [1.54, 1.807) is 60.2 Å². The highest BCUT2D eigenvalue weighted by molar-refractivity contribution is 6.30. The normalized spacial score (nSPS) is 16.9. The molecule has 72 heavy (non-hydrogen) atoms. The molecule has 1 saturated heterocycles. The van der Waals surface area contributed by atoms with Gasteiger partial charge in [0.15, 0.2) is 0 Å². The van der Waals surface area contributed by atoms with E-state index >= 15 is 0 Å². The third-order valence-electron chi connectivity index (χ3n) is 16.0. The van der Waals surface area contributed by atoms with Gasteiger partial charge < -0.3 is 34.5 Å². The van der Waals surface area contributed by atoms with Crippen LogP contribution in [0.3, 0.4) is 0 Å². The Balaban J connectivity index is 0.789. The highest BCUT2D eigenvalue weighted by atomic mass is 35.5. The van der Waals surface area contributed by atoms with Crippen molar-refractivity contribution in [2.75, 3.05) is 77.5 Å². The van der Waals surface area contributed by atoms with Gasteiger partial charge in [-0.15, -0.1) is 0 Å². The minimum atomic E-state index is -1.28. The summed E-state index contributed by atoms with van der Waals surface area (Å²) in [5, 5.41) is 19.8. The van der Waals surface area contributed by atoms with Gasteiger partial charge in [-0.25, -0.2) is 4.58 Å². The summed E-state index contributed by atoms with van der Waals surface area (Å²) in [6.07, 6.45) is 7.90. The molecule has 1 aromatic heterocycles. The summed E-state index contributed by atoms with van der Waals surface area (Å²) in [5.41, 5.74) is 11.5. The Kier molecular flexibility index (Phi) is 11.9. The molecule has 0 radical (unpaired) electrons. The molecule has 0 saturated carbocycles. The van der Waals surface area contributed by atoms with Gasteiger partial charge in [0.05, 0.1) is 30.6 Å². The molecular weight excluding hydrogens is 928 g/mol. The van der Waals surface area contributed by atoms with Gasteiger partial charge in [-0.05, 0) is 129 Å². The molecule has 7 heterocycles. The maximum absolute atomic E-state index is 14.6. The van der Waals surface area contributed by atoms with Crippen molar-refractivity contribution in [1.29, 1.82) is 0 Å². The average Bonchev–Trinajstić information content (AvgIpc) is 3.67. The van der Waals surface area contributed by atoms with Crippen LogP contribution in [0, 0.1) is 6.92 Å². The molecule has 0 spiro atoms. The minimum absolute atomic E-state index is 0.0558. The summed E-state index contributed by atoms with van der Waals surface area (Å²) in [6.45, 7) is 9.09. The van der Waals surface area contributed by atoms with Crippen LogP contribution < -0.4 is 39.9 Å². The maximum atomic E-state index is 14.6. The zero-order valence-corrected chi connectivity index (χ0v) is 41.6. The number of carboxylic acids is 1. The Hall–Kier alpha value is -6.96. The number of aryl methyl sites for hydroxylation is 2. The molecule has 6 aromatic rings. The van der Waals surface area contributed by atoms with Gasteiger partial charge in [0.25, 0.3) is 11.8 Å². The van der Waals surface area contributed by atoms with E-state index in [-0.39, 0.29) is 29.7 Å². The first-order valence-electron chi connectivity index (χ1n) is 25.6. The molecule has 0 atom stereocenters. The van der Waals surface area contributed by atoms with Crippen LogP contribution in [0.1, 0.15) is 101 Å². The molecule has 1 N–H and O–H groups in total. The number of carboxylic acid groups (broad SMARTS) is 1. The molecule has 14 heteroatoms. The number of benzene rings is 5. The molecular formula is C58H57ClN6O7. The smallest absolute Gasteiger partial charge is 0.262 e. The topological polar surface area (TPSA) is 139 Å². The molecule has 0 aliphatic carbocycles. The number of ether oxygens (including phenoxy) is 2. The second-order valence-corrected chi connectivity index (χ2v) is 20.6. The van der Waals surface area contributed by atoms with E-state index in [2.05, 4.69) is 31.8 Å². The lowest BCUT2D eigenvalue weighted by Crippen LogP contribution is -2.50. The fourth-order valence-electron chi connectivity index (χ4n) is 12.6. The summed E-state index contributed by atoms with van der Waals surface area (Å²) in [6, 6.07) is 21.7. The lowest BCUT2D eigenvalue weighted by atomic mass is 9.81. The number of aromatic nitrogens is 1. The van der Waals surface area contributed by atoms with Crippen molar-refractivity contribution in [3.05, 3.63) is 150 Å². The summed E-state index contributed by atoms with van der Waals surface area (Å²) < 4.78 is 16.9. The maximum Gasteiger partial charge on any atom is 0.262 e. The number of carbonyl (C=O) groups excluding carboxylic acids is 4. The molecule has 2 amide bonds. The zero-order valence-electron chi connectivity index (χ0n) is 40.8. The first-order chi connectivity index (χ1) is 35.0.